The van der Waals surface area contributed by atoms with Crippen LogP contribution in [0.15, 0.2) is 17.2 Å². The van der Waals surface area contributed by atoms with Crippen molar-refractivity contribution in [3.8, 4) is 11.5 Å². The second-order valence-electron chi connectivity index (χ2n) is 4.82. The number of nitrogens with one attached hydrogen (secondary N) is 2. The minimum atomic E-state index is -0.00173. The van der Waals surface area contributed by atoms with Crippen molar-refractivity contribution in [2.75, 3.05) is 27.4 Å². The van der Waals surface area contributed by atoms with Crippen LogP contribution in [-0.4, -0.2) is 44.8 Å². The monoisotopic (exact) mass is 359 g/mol. The van der Waals surface area contributed by atoms with Crippen LogP contribution in [0.5, 0.6) is 11.5 Å². The second kappa shape index (κ2) is 10.3. The Morgan fingerprint density at radius 2 is 2.13 bits per heavy atom. The van der Waals surface area contributed by atoms with Gasteiger partial charge in [0.1, 0.15) is 0 Å². The highest BCUT2D eigenvalue weighted by Crippen LogP contribution is 2.36. The average molecular weight is 360 g/mol. The summed E-state index contributed by atoms with van der Waals surface area (Å²) in [6.07, 6.45) is 1.59. The largest absolute Gasteiger partial charge is 0.493 e. The van der Waals surface area contributed by atoms with Gasteiger partial charge in [-0.2, -0.15) is 5.10 Å². The zero-order valence-corrected chi connectivity index (χ0v) is 15.3. The second-order valence-corrected chi connectivity index (χ2v) is 5.63. The summed E-state index contributed by atoms with van der Waals surface area (Å²) in [5.74, 6) is 1.07. The quantitative estimate of drug-likeness (QED) is 0.322. The Hall–Kier alpha value is -1.57. The highest BCUT2D eigenvalue weighted by Gasteiger charge is 2.12. The van der Waals surface area contributed by atoms with Crippen LogP contribution in [0.2, 0.25) is 5.02 Å². The average Bonchev–Trinajstić information content (AvgIpc) is 2.49. The van der Waals surface area contributed by atoms with E-state index in [1.807, 2.05) is 13.8 Å². The number of thiocarbonyl (C=S) groups is 1. The van der Waals surface area contributed by atoms with E-state index in [4.69, 9.17) is 38.0 Å². The van der Waals surface area contributed by atoms with Gasteiger partial charge in [0.15, 0.2) is 16.6 Å². The summed E-state index contributed by atoms with van der Waals surface area (Å²) in [6, 6.07) is 3.53. The Bertz CT molecular complexity index is 553. The van der Waals surface area contributed by atoms with Crippen LogP contribution in [0.25, 0.3) is 0 Å². The molecular weight excluding hydrogens is 338 g/mol. The number of hydrogen-bond donors (Lipinski definition) is 2. The maximum atomic E-state index is 6.24. The normalized spacial score (nSPS) is 10.9. The van der Waals surface area contributed by atoms with Gasteiger partial charge in [0.2, 0.25) is 0 Å². The van der Waals surface area contributed by atoms with Crippen molar-refractivity contribution in [3.05, 3.63) is 22.7 Å². The fourth-order valence-electron chi connectivity index (χ4n) is 1.64. The molecule has 0 fully saturated rings. The molecule has 8 heteroatoms. The predicted molar refractivity (Wildman–Crippen MR) is 97.0 cm³/mol. The summed E-state index contributed by atoms with van der Waals surface area (Å²) in [7, 11) is 3.19. The molecule has 1 rings (SSSR count). The number of benzene rings is 1. The lowest BCUT2D eigenvalue weighted by molar-refractivity contribution is 0.204. The number of hydrogen-bond acceptors (Lipinski definition) is 5. The molecule has 128 valence electrons. The molecule has 0 amide bonds. The molecule has 0 atom stereocenters. The molecule has 0 saturated carbocycles. The molecule has 0 bridgehead atoms. The van der Waals surface area contributed by atoms with E-state index in [2.05, 4.69) is 15.8 Å². The highest BCUT2D eigenvalue weighted by molar-refractivity contribution is 7.80. The van der Waals surface area contributed by atoms with Gasteiger partial charge in [-0.15, -0.1) is 0 Å². The Morgan fingerprint density at radius 3 is 2.74 bits per heavy atom. The molecule has 6 nitrogen and oxygen atoms in total. The van der Waals surface area contributed by atoms with Gasteiger partial charge in [0.05, 0.1) is 31.1 Å². The lowest BCUT2D eigenvalue weighted by Crippen LogP contribution is -2.34. The lowest BCUT2D eigenvalue weighted by atomic mass is 10.2. The van der Waals surface area contributed by atoms with Crippen molar-refractivity contribution >= 4 is 35.1 Å². The summed E-state index contributed by atoms with van der Waals surface area (Å²) < 4.78 is 15.9. The summed E-state index contributed by atoms with van der Waals surface area (Å²) >= 11 is 11.3. The molecule has 0 spiro atoms. The van der Waals surface area contributed by atoms with Crippen LogP contribution < -0.4 is 20.2 Å². The third kappa shape index (κ3) is 7.02. The highest BCUT2D eigenvalue weighted by atomic mass is 35.5. The van der Waals surface area contributed by atoms with E-state index in [-0.39, 0.29) is 6.10 Å². The van der Waals surface area contributed by atoms with Gasteiger partial charge in [0.25, 0.3) is 0 Å². The molecule has 0 heterocycles. The maximum Gasteiger partial charge on any atom is 0.187 e. The van der Waals surface area contributed by atoms with Gasteiger partial charge in [-0.25, -0.2) is 0 Å². The van der Waals surface area contributed by atoms with Crippen LogP contribution >= 0.6 is 23.8 Å². The van der Waals surface area contributed by atoms with Crippen molar-refractivity contribution in [2.45, 2.75) is 20.0 Å². The molecule has 1 aromatic carbocycles. The van der Waals surface area contributed by atoms with E-state index >= 15 is 0 Å². The smallest absolute Gasteiger partial charge is 0.187 e. The Kier molecular flexibility index (Phi) is 8.68. The first-order valence-electron chi connectivity index (χ1n) is 7.08. The predicted octanol–water partition coefficient (Wildman–Crippen LogP) is 2.58. The lowest BCUT2D eigenvalue weighted by Gasteiger charge is -2.15. The molecule has 0 aliphatic carbocycles. The minimum Gasteiger partial charge on any atom is -0.493 e. The molecule has 0 aliphatic heterocycles. The summed E-state index contributed by atoms with van der Waals surface area (Å²) in [5.41, 5.74) is 3.47. The first-order valence-corrected chi connectivity index (χ1v) is 7.86. The van der Waals surface area contributed by atoms with E-state index in [1.54, 1.807) is 32.6 Å². The van der Waals surface area contributed by atoms with Gasteiger partial charge in [-0.3, -0.25) is 5.43 Å². The Balaban J connectivity index is 2.72. The Morgan fingerprint density at radius 1 is 1.39 bits per heavy atom. The molecule has 0 aromatic heterocycles. The van der Waals surface area contributed by atoms with Crippen molar-refractivity contribution < 1.29 is 14.2 Å². The standard InChI is InChI=1S/C15H22ClN3O3S/c1-10(2)22-14-12(16)7-11(8-13(14)21-4)9-18-19-15(23)17-5-6-20-3/h7-10H,5-6H2,1-4H3,(H2,17,19,23)/b18-9-. The topological polar surface area (TPSA) is 64.1 Å². The number of methoxy groups -OCH3 is 2. The minimum absolute atomic E-state index is 0.00173. The van der Waals surface area contributed by atoms with Gasteiger partial charge in [0, 0.05) is 13.7 Å². The molecule has 0 saturated heterocycles. The first-order chi connectivity index (χ1) is 11.0. The van der Waals surface area contributed by atoms with Crippen molar-refractivity contribution in [1.29, 1.82) is 0 Å². The van der Waals surface area contributed by atoms with Gasteiger partial charge in [-0.05, 0) is 43.8 Å². The SMILES string of the molecule is COCCNC(=S)N/N=C\c1cc(Cl)c(OC(C)C)c(OC)c1. The fourth-order valence-corrected chi connectivity index (χ4v) is 2.05. The molecule has 0 radical (unpaired) electrons. The van der Waals surface area contributed by atoms with Crippen molar-refractivity contribution in [1.82, 2.24) is 10.7 Å². The van der Waals surface area contributed by atoms with E-state index < -0.39 is 0 Å². The molecule has 0 unspecified atom stereocenters. The summed E-state index contributed by atoms with van der Waals surface area (Å²) in [5, 5.41) is 7.87. The molecule has 0 aliphatic rings. The number of nitrogens with zero attached hydrogens (tertiary/aromatic N) is 1. The van der Waals surface area contributed by atoms with Crippen LogP contribution in [0.1, 0.15) is 19.4 Å². The van der Waals surface area contributed by atoms with Gasteiger partial charge in [-0.1, -0.05) is 11.6 Å². The van der Waals surface area contributed by atoms with Gasteiger partial charge < -0.3 is 19.5 Å². The van der Waals surface area contributed by atoms with E-state index in [1.165, 1.54) is 0 Å². The van der Waals surface area contributed by atoms with Crippen LogP contribution in [0.4, 0.5) is 0 Å². The van der Waals surface area contributed by atoms with Crippen molar-refractivity contribution in [2.24, 2.45) is 5.10 Å². The zero-order valence-electron chi connectivity index (χ0n) is 13.7. The number of halogens is 1. The fraction of sp³-hybridized carbons (Fsp3) is 0.467. The van der Waals surface area contributed by atoms with Crippen molar-refractivity contribution in [3.63, 3.8) is 0 Å². The number of rotatable bonds is 8. The first kappa shape index (κ1) is 19.5. The van der Waals surface area contributed by atoms with Gasteiger partial charge >= 0.3 is 0 Å². The van der Waals surface area contributed by atoms with E-state index in [0.717, 1.165) is 5.56 Å². The third-order valence-corrected chi connectivity index (χ3v) is 3.09. The van der Waals surface area contributed by atoms with Crippen LogP contribution in [0, 0.1) is 0 Å². The van der Waals surface area contributed by atoms with Crippen LogP contribution in [-0.2, 0) is 4.74 Å². The molecule has 23 heavy (non-hydrogen) atoms. The van der Waals surface area contributed by atoms with Crippen LogP contribution in [0.3, 0.4) is 0 Å². The molecule has 2 N–H and O–H groups in total. The molecular formula is C15H22ClN3O3S. The van der Waals surface area contributed by atoms with E-state index in [0.29, 0.717) is 34.8 Å². The van der Waals surface area contributed by atoms with E-state index in [9.17, 15) is 0 Å². The zero-order chi connectivity index (χ0) is 17.2. The number of ether oxygens (including phenoxy) is 3. The molecule has 1 aromatic rings. The summed E-state index contributed by atoms with van der Waals surface area (Å²) in [6.45, 7) is 5.02. The Labute approximate surface area is 147 Å². The third-order valence-electron chi connectivity index (χ3n) is 2.58. The summed E-state index contributed by atoms with van der Waals surface area (Å²) in [4.78, 5) is 0. The maximum absolute atomic E-state index is 6.24. The number of hydrazone groups is 1.